The van der Waals surface area contributed by atoms with Gasteiger partial charge in [-0.25, -0.2) is 4.39 Å². The Hall–Kier alpha value is -1.38. The van der Waals surface area contributed by atoms with Crippen molar-refractivity contribution in [1.29, 1.82) is 0 Å². The predicted octanol–water partition coefficient (Wildman–Crippen LogP) is 3.41. The van der Waals surface area contributed by atoms with Gasteiger partial charge in [0.15, 0.2) is 6.29 Å². The minimum atomic E-state index is -0.289. The zero-order valence-corrected chi connectivity index (χ0v) is 10.2. The largest absolute Gasteiger partial charge is 0.366 e. The average molecular weight is 235 g/mol. The Morgan fingerprint density at radius 3 is 2.71 bits per heavy atom. The third-order valence-electron chi connectivity index (χ3n) is 3.54. The summed E-state index contributed by atoms with van der Waals surface area (Å²) < 4.78 is 13.9. The summed E-state index contributed by atoms with van der Waals surface area (Å²) in [5.41, 5.74) is 0.940. The van der Waals surface area contributed by atoms with Crippen LogP contribution in [0.2, 0.25) is 0 Å². The van der Waals surface area contributed by atoms with Crippen molar-refractivity contribution in [3.05, 3.63) is 29.6 Å². The van der Waals surface area contributed by atoms with Gasteiger partial charge < -0.3 is 4.90 Å². The molecule has 1 aliphatic carbocycles. The maximum Gasteiger partial charge on any atom is 0.152 e. The van der Waals surface area contributed by atoms with Crippen molar-refractivity contribution in [2.45, 2.75) is 38.6 Å². The molecule has 92 valence electrons. The number of hydrogen-bond donors (Lipinski definition) is 0. The molecule has 2 nitrogen and oxygen atoms in total. The molecular formula is C14H18FNO. The zero-order valence-electron chi connectivity index (χ0n) is 10.2. The highest BCUT2D eigenvalue weighted by Gasteiger charge is 2.25. The molecule has 0 heterocycles. The first-order chi connectivity index (χ1) is 8.27. The third kappa shape index (κ3) is 2.33. The van der Waals surface area contributed by atoms with Crippen LogP contribution in [0.4, 0.5) is 10.1 Å². The molecule has 1 aliphatic rings. The number of para-hydroxylation sites is 1. The molecule has 1 fully saturated rings. The number of aldehydes is 1. The number of benzene rings is 1. The molecular weight excluding hydrogens is 217 g/mol. The summed E-state index contributed by atoms with van der Waals surface area (Å²) in [6.07, 6.45) is 5.34. The molecule has 3 heteroatoms. The van der Waals surface area contributed by atoms with Crippen molar-refractivity contribution in [1.82, 2.24) is 0 Å². The number of carbonyl (C=O) groups excluding carboxylic acids is 1. The van der Waals surface area contributed by atoms with E-state index in [0.29, 0.717) is 17.3 Å². The van der Waals surface area contributed by atoms with Gasteiger partial charge in [0, 0.05) is 18.2 Å². The number of carbonyl (C=O) groups is 1. The molecule has 0 saturated heterocycles. The summed E-state index contributed by atoms with van der Waals surface area (Å²) in [5, 5.41) is 0. The average Bonchev–Trinajstić information content (AvgIpc) is 2.86. The van der Waals surface area contributed by atoms with Gasteiger partial charge in [-0.15, -0.1) is 0 Å². The molecule has 0 radical (unpaired) electrons. The van der Waals surface area contributed by atoms with E-state index >= 15 is 0 Å². The lowest BCUT2D eigenvalue weighted by Crippen LogP contribution is -2.34. The minimum absolute atomic E-state index is 0.289. The first kappa shape index (κ1) is 12.1. The van der Waals surface area contributed by atoms with Crippen LogP contribution in [0.3, 0.4) is 0 Å². The lowest BCUT2D eigenvalue weighted by molar-refractivity contribution is 0.112. The van der Waals surface area contributed by atoms with Crippen molar-refractivity contribution < 1.29 is 9.18 Å². The molecule has 0 N–H and O–H groups in total. The van der Waals surface area contributed by atoms with Gasteiger partial charge in [0.05, 0.1) is 5.69 Å². The number of rotatable bonds is 4. The van der Waals surface area contributed by atoms with Gasteiger partial charge in [-0.05, 0) is 31.9 Å². The minimum Gasteiger partial charge on any atom is -0.366 e. The molecule has 1 aromatic rings. The van der Waals surface area contributed by atoms with Gasteiger partial charge >= 0.3 is 0 Å². The van der Waals surface area contributed by atoms with E-state index in [1.807, 2.05) is 11.8 Å². The zero-order chi connectivity index (χ0) is 12.3. The SMILES string of the molecule is CCN(c1c(F)cccc1C=O)C1CCCC1. The standard InChI is InChI=1S/C14H18FNO/c1-2-16(12-7-3-4-8-12)14-11(10-17)6-5-9-13(14)15/h5-6,9-10,12H,2-4,7-8H2,1H3. The summed E-state index contributed by atoms with van der Waals surface area (Å²) >= 11 is 0. The summed E-state index contributed by atoms with van der Waals surface area (Å²) in [6.45, 7) is 2.76. The van der Waals surface area contributed by atoms with Crippen LogP contribution in [0.25, 0.3) is 0 Å². The molecule has 17 heavy (non-hydrogen) atoms. The summed E-state index contributed by atoms with van der Waals surface area (Å²) in [7, 11) is 0. The van der Waals surface area contributed by atoms with Crippen LogP contribution in [-0.4, -0.2) is 18.9 Å². The third-order valence-corrected chi connectivity index (χ3v) is 3.54. The smallest absolute Gasteiger partial charge is 0.152 e. The van der Waals surface area contributed by atoms with Crippen LogP contribution >= 0.6 is 0 Å². The highest BCUT2D eigenvalue weighted by molar-refractivity contribution is 5.85. The Bertz CT molecular complexity index is 399. The maximum absolute atomic E-state index is 13.9. The monoisotopic (exact) mass is 235 g/mol. The maximum atomic E-state index is 13.9. The number of halogens is 1. The highest BCUT2D eigenvalue weighted by atomic mass is 19.1. The van der Waals surface area contributed by atoms with Gasteiger partial charge in [0.2, 0.25) is 0 Å². The molecule has 0 atom stereocenters. The Balaban J connectivity index is 2.38. The van der Waals surface area contributed by atoms with Crippen molar-refractivity contribution in [2.24, 2.45) is 0 Å². The van der Waals surface area contributed by atoms with Gasteiger partial charge in [0.25, 0.3) is 0 Å². The van der Waals surface area contributed by atoms with Crippen molar-refractivity contribution in [3.63, 3.8) is 0 Å². The number of hydrogen-bond acceptors (Lipinski definition) is 2. The van der Waals surface area contributed by atoms with E-state index in [9.17, 15) is 9.18 Å². The van der Waals surface area contributed by atoms with Crippen LogP contribution in [0.5, 0.6) is 0 Å². The fourth-order valence-corrected chi connectivity index (χ4v) is 2.74. The fraction of sp³-hybridized carbons (Fsp3) is 0.500. The molecule has 2 rings (SSSR count). The summed E-state index contributed by atoms with van der Waals surface area (Å²) in [5.74, 6) is -0.289. The van der Waals surface area contributed by atoms with Crippen molar-refractivity contribution >= 4 is 12.0 Å². The molecule has 0 amide bonds. The Morgan fingerprint density at radius 1 is 1.41 bits per heavy atom. The predicted molar refractivity (Wildman–Crippen MR) is 67.1 cm³/mol. The van der Waals surface area contributed by atoms with Crippen molar-refractivity contribution in [2.75, 3.05) is 11.4 Å². The van der Waals surface area contributed by atoms with Gasteiger partial charge in [-0.1, -0.05) is 18.9 Å². The number of nitrogens with zero attached hydrogens (tertiary/aromatic N) is 1. The molecule has 0 spiro atoms. The van der Waals surface area contributed by atoms with E-state index in [1.54, 1.807) is 12.1 Å². The van der Waals surface area contributed by atoms with Gasteiger partial charge in [-0.2, -0.15) is 0 Å². The second-order valence-electron chi connectivity index (χ2n) is 4.52. The summed E-state index contributed by atoms with van der Waals surface area (Å²) in [6, 6.07) is 5.09. The van der Waals surface area contributed by atoms with E-state index in [2.05, 4.69) is 0 Å². The molecule has 0 aromatic heterocycles. The molecule has 1 saturated carbocycles. The Morgan fingerprint density at radius 2 is 2.12 bits per heavy atom. The number of anilines is 1. The quantitative estimate of drug-likeness (QED) is 0.745. The lowest BCUT2D eigenvalue weighted by atomic mass is 10.1. The topological polar surface area (TPSA) is 20.3 Å². The van der Waals surface area contributed by atoms with E-state index in [0.717, 1.165) is 25.7 Å². The highest BCUT2D eigenvalue weighted by Crippen LogP contribution is 2.31. The van der Waals surface area contributed by atoms with Crippen LogP contribution in [-0.2, 0) is 0 Å². The molecule has 0 unspecified atom stereocenters. The normalized spacial score (nSPS) is 16.1. The van der Waals surface area contributed by atoms with E-state index in [1.165, 1.54) is 18.9 Å². The summed E-state index contributed by atoms with van der Waals surface area (Å²) in [4.78, 5) is 13.1. The van der Waals surface area contributed by atoms with Crippen LogP contribution in [0.1, 0.15) is 43.0 Å². The van der Waals surface area contributed by atoms with E-state index < -0.39 is 0 Å². The second-order valence-corrected chi connectivity index (χ2v) is 4.52. The Labute approximate surface area is 101 Å². The Kier molecular flexibility index (Phi) is 3.77. The van der Waals surface area contributed by atoms with Crippen LogP contribution in [0.15, 0.2) is 18.2 Å². The fourth-order valence-electron chi connectivity index (χ4n) is 2.74. The van der Waals surface area contributed by atoms with Gasteiger partial charge in [0.1, 0.15) is 5.82 Å². The van der Waals surface area contributed by atoms with Crippen molar-refractivity contribution in [3.8, 4) is 0 Å². The first-order valence-corrected chi connectivity index (χ1v) is 6.28. The van der Waals surface area contributed by atoms with E-state index in [4.69, 9.17) is 0 Å². The van der Waals surface area contributed by atoms with E-state index in [-0.39, 0.29) is 5.82 Å². The van der Waals surface area contributed by atoms with Crippen LogP contribution < -0.4 is 4.90 Å². The molecule has 0 bridgehead atoms. The molecule has 1 aromatic carbocycles. The molecule has 0 aliphatic heterocycles. The van der Waals surface area contributed by atoms with Crippen LogP contribution in [0, 0.1) is 5.82 Å². The first-order valence-electron chi connectivity index (χ1n) is 6.28. The van der Waals surface area contributed by atoms with Gasteiger partial charge in [-0.3, -0.25) is 4.79 Å². The second kappa shape index (κ2) is 5.30. The lowest BCUT2D eigenvalue weighted by Gasteiger charge is -2.31.